The molecule has 20 heavy (non-hydrogen) atoms. The van der Waals surface area contributed by atoms with Crippen LogP contribution in [0.25, 0.3) is 10.7 Å². The van der Waals surface area contributed by atoms with Gasteiger partial charge in [-0.3, -0.25) is 5.10 Å². The van der Waals surface area contributed by atoms with Gasteiger partial charge in [-0.2, -0.15) is 5.10 Å². The Kier molecular flexibility index (Phi) is 2.77. The molecule has 4 rings (SSSR count). The van der Waals surface area contributed by atoms with Crippen molar-refractivity contribution in [2.24, 2.45) is 0 Å². The third kappa shape index (κ3) is 2.00. The number of hydrogen-bond acceptors (Lipinski definition) is 4. The lowest BCUT2D eigenvalue weighted by Crippen LogP contribution is -2.06. The van der Waals surface area contributed by atoms with E-state index >= 15 is 0 Å². The fraction of sp³-hybridized carbons (Fsp3) is 0.200. The summed E-state index contributed by atoms with van der Waals surface area (Å²) in [6.07, 6.45) is 0.891. The maximum atomic E-state index is 4.61. The van der Waals surface area contributed by atoms with Gasteiger partial charge in [0.15, 0.2) is 5.82 Å². The second kappa shape index (κ2) is 4.76. The molecule has 2 N–H and O–H groups in total. The Morgan fingerprint density at radius 1 is 1.20 bits per heavy atom. The van der Waals surface area contributed by atoms with Gasteiger partial charge in [0, 0.05) is 24.6 Å². The predicted molar refractivity (Wildman–Crippen MR) is 81.1 cm³/mol. The van der Waals surface area contributed by atoms with Gasteiger partial charge >= 0.3 is 0 Å². The molecule has 0 saturated carbocycles. The summed E-state index contributed by atoms with van der Waals surface area (Å²) >= 11 is 1.66. The number of hydrogen-bond donors (Lipinski definition) is 2. The Balaban J connectivity index is 1.56. The van der Waals surface area contributed by atoms with Crippen LogP contribution in [0.3, 0.4) is 0 Å². The molecule has 1 aromatic carbocycles. The molecule has 1 atom stereocenters. The summed E-state index contributed by atoms with van der Waals surface area (Å²) in [4.78, 5) is 5.71. The highest BCUT2D eigenvalue weighted by atomic mass is 32.1. The lowest BCUT2D eigenvalue weighted by atomic mass is 9.98. The molecule has 3 heterocycles. The van der Waals surface area contributed by atoms with Crippen molar-refractivity contribution in [2.45, 2.75) is 12.3 Å². The first-order chi connectivity index (χ1) is 9.90. The molecule has 1 unspecified atom stereocenters. The van der Waals surface area contributed by atoms with E-state index in [9.17, 15) is 0 Å². The van der Waals surface area contributed by atoms with E-state index in [4.69, 9.17) is 0 Å². The van der Waals surface area contributed by atoms with Crippen molar-refractivity contribution >= 4 is 17.0 Å². The Morgan fingerprint density at radius 2 is 2.15 bits per heavy atom. The molecule has 0 fully saturated rings. The van der Waals surface area contributed by atoms with Crippen molar-refractivity contribution in [3.05, 3.63) is 53.2 Å². The van der Waals surface area contributed by atoms with Crippen molar-refractivity contribution in [3.8, 4) is 10.7 Å². The molecule has 1 aliphatic heterocycles. The van der Waals surface area contributed by atoms with Gasteiger partial charge in [0.1, 0.15) is 5.82 Å². The number of nitrogens with one attached hydrogen (secondary N) is 2. The van der Waals surface area contributed by atoms with Gasteiger partial charge in [0.2, 0.25) is 0 Å². The maximum Gasteiger partial charge on any atom is 0.191 e. The summed E-state index contributed by atoms with van der Waals surface area (Å²) in [7, 11) is 0. The third-order valence-electron chi connectivity index (χ3n) is 3.65. The molecule has 100 valence electrons. The Bertz CT molecular complexity index is 717. The first-order valence-corrected chi connectivity index (χ1v) is 7.56. The number of para-hydroxylation sites is 1. The zero-order valence-electron chi connectivity index (χ0n) is 10.8. The molecule has 5 heteroatoms. The lowest BCUT2D eigenvalue weighted by Gasteiger charge is -2.06. The summed E-state index contributed by atoms with van der Waals surface area (Å²) in [6.45, 7) is 0.967. The predicted octanol–water partition coefficient (Wildman–Crippen LogP) is 3.29. The van der Waals surface area contributed by atoms with Crippen molar-refractivity contribution < 1.29 is 0 Å². The third-order valence-corrected chi connectivity index (χ3v) is 4.52. The molecule has 1 aliphatic rings. The van der Waals surface area contributed by atoms with Crippen LogP contribution < -0.4 is 5.32 Å². The molecule has 0 bridgehead atoms. The highest BCUT2D eigenvalue weighted by molar-refractivity contribution is 7.13. The van der Waals surface area contributed by atoms with Crippen LogP contribution in [-0.4, -0.2) is 21.7 Å². The zero-order valence-corrected chi connectivity index (χ0v) is 11.7. The van der Waals surface area contributed by atoms with Crippen LogP contribution in [0, 0.1) is 0 Å². The first kappa shape index (κ1) is 11.7. The van der Waals surface area contributed by atoms with Crippen LogP contribution in [0.15, 0.2) is 41.8 Å². The van der Waals surface area contributed by atoms with Crippen molar-refractivity contribution in [1.29, 1.82) is 0 Å². The van der Waals surface area contributed by atoms with Gasteiger partial charge in [-0.15, -0.1) is 11.3 Å². The van der Waals surface area contributed by atoms with Crippen molar-refractivity contribution in [1.82, 2.24) is 15.2 Å². The normalized spacial score (nSPS) is 16.9. The van der Waals surface area contributed by atoms with Crippen LogP contribution in [0.1, 0.15) is 17.3 Å². The monoisotopic (exact) mass is 282 g/mol. The van der Waals surface area contributed by atoms with Gasteiger partial charge in [0.05, 0.1) is 4.88 Å². The maximum absolute atomic E-state index is 4.61. The van der Waals surface area contributed by atoms with E-state index in [2.05, 4.69) is 44.8 Å². The first-order valence-electron chi connectivity index (χ1n) is 6.68. The standard InChI is InChI=1S/C15H14N4S/c1-2-5-12-11(4-1)10(9-16-12)8-14-17-15(19-18-14)13-6-3-7-20-13/h1-7,10,16H,8-9H2,(H,17,18,19). The highest BCUT2D eigenvalue weighted by Crippen LogP contribution is 2.33. The smallest absolute Gasteiger partial charge is 0.191 e. The summed E-state index contributed by atoms with van der Waals surface area (Å²) in [5.74, 6) is 2.22. The van der Waals surface area contributed by atoms with Crippen LogP contribution in [0.5, 0.6) is 0 Å². The molecule has 4 nitrogen and oxygen atoms in total. The second-order valence-corrected chi connectivity index (χ2v) is 5.90. The number of aromatic amines is 1. The molecule has 2 aromatic heterocycles. The van der Waals surface area contributed by atoms with Crippen LogP contribution in [0.2, 0.25) is 0 Å². The number of thiophene rings is 1. The van der Waals surface area contributed by atoms with Gasteiger partial charge in [0.25, 0.3) is 0 Å². The van der Waals surface area contributed by atoms with Crippen molar-refractivity contribution in [2.75, 3.05) is 11.9 Å². The number of rotatable bonds is 3. The fourth-order valence-electron chi connectivity index (χ4n) is 2.68. The Labute approximate surface area is 120 Å². The SMILES string of the molecule is c1csc(-c2n[nH]c(CC3CNc4ccccc43)n2)c1. The van der Waals surface area contributed by atoms with Gasteiger partial charge < -0.3 is 5.32 Å². The molecule has 0 spiro atoms. The average Bonchev–Trinajstić information content (AvgIpc) is 3.19. The topological polar surface area (TPSA) is 53.6 Å². The van der Waals surface area contributed by atoms with E-state index in [1.165, 1.54) is 11.3 Å². The molecule has 0 aliphatic carbocycles. The van der Waals surface area contributed by atoms with E-state index in [1.807, 2.05) is 17.5 Å². The van der Waals surface area contributed by atoms with Crippen LogP contribution in [-0.2, 0) is 6.42 Å². The van der Waals surface area contributed by atoms with E-state index < -0.39 is 0 Å². The van der Waals surface area contributed by atoms with Crippen molar-refractivity contribution in [3.63, 3.8) is 0 Å². The number of fused-ring (bicyclic) bond motifs is 1. The van der Waals surface area contributed by atoms with Gasteiger partial charge in [-0.25, -0.2) is 4.98 Å². The van der Waals surface area contributed by atoms with E-state index in [0.717, 1.165) is 29.5 Å². The molecule has 3 aromatic rings. The zero-order chi connectivity index (χ0) is 13.4. The number of H-pyrrole nitrogens is 1. The molecular formula is C15H14N4S. The highest BCUT2D eigenvalue weighted by Gasteiger charge is 2.23. The Hall–Kier alpha value is -2.14. The summed E-state index contributed by atoms with van der Waals surface area (Å²) in [5, 5.41) is 12.9. The van der Waals surface area contributed by atoms with Gasteiger partial charge in [-0.05, 0) is 23.1 Å². The van der Waals surface area contributed by atoms with E-state index in [1.54, 1.807) is 11.3 Å². The number of nitrogens with zero attached hydrogens (tertiary/aromatic N) is 2. The Morgan fingerprint density at radius 3 is 3.05 bits per heavy atom. The number of benzene rings is 1. The van der Waals surface area contributed by atoms with Crippen LogP contribution >= 0.6 is 11.3 Å². The molecule has 0 amide bonds. The molecule has 0 radical (unpaired) electrons. The fourth-order valence-corrected chi connectivity index (χ4v) is 3.33. The molecule has 0 saturated heterocycles. The minimum Gasteiger partial charge on any atom is -0.384 e. The largest absolute Gasteiger partial charge is 0.384 e. The second-order valence-electron chi connectivity index (χ2n) is 4.95. The summed E-state index contributed by atoms with van der Waals surface area (Å²) in [6, 6.07) is 12.6. The summed E-state index contributed by atoms with van der Waals surface area (Å²) < 4.78 is 0. The van der Waals surface area contributed by atoms with Gasteiger partial charge in [-0.1, -0.05) is 24.3 Å². The minimum absolute atomic E-state index is 0.468. The quantitative estimate of drug-likeness (QED) is 0.775. The van der Waals surface area contributed by atoms with Crippen LogP contribution in [0.4, 0.5) is 5.69 Å². The summed E-state index contributed by atoms with van der Waals surface area (Å²) in [5.41, 5.74) is 2.62. The lowest BCUT2D eigenvalue weighted by molar-refractivity contribution is 0.715. The average molecular weight is 282 g/mol. The molecular weight excluding hydrogens is 268 g/mol. The minimum atomic E-state index is 0.468. The van der Waals surface area contributed by atoms with E-state index in [-0.39, 0.29) is 0 Å². The number of aromatic nitrogens is 3. The number of anilines is 1. The van der Waals surface area contributed by atoms with E-state index in [0.29, 0.717) is 5.92 Å².